The molecule has 0 radical (unpaired) electrons. The Morgan fingerprint density at radius 3 is 0.750 bits per heavy atom. The summed E-state index contributed by atoms with van der Waals surface area (Å²) in [6, 6.07) is 50.0. The van der Waals surface area contributed by atoms with Crippen molar-refractivity contribution in [1.82, 2.24) is 60.4 Å². The maximum absolute atomic E-state index is 14.1. The molecule has 8 aromatic carbocycles. The molecular weight excluding hydrogens is 1820 g/mol. The van der Waals surface area contributed by atoms with Gasteiger partial charge in [-0.2, -0.15) is 20.4 Å². The summed E-state index contributed by atoms with van der Waals surface area (Å²) in [6.07, 6.45) is 18.1. The van der Waals surface area contributed by atoms with E-state index < -0.39 is 83.3 Å². The van der Waals surface area contributed by atoms with Crippen molar-refractivity contribution in [2.45, 2.75) is 160 Å². The number of carbonyl (C=O) groups excluding carboxylic acids is 4. The monoisotopic (exact) mass is 1940 g/mol. The molecule has 12 aromatic rings. The summed E-state index contributed by atoms with van der Waals surface area (Å²) >= 11 is 6.08. The molecule has 4 fully saturated rings. The van der Waals surface area contributed by atoms with Crippen molar-refractivity contribution in [2.75, 3.05) is 56.9 Å². The highest BCUT2D eigenvalue weighted by molar-refractivity contribution is 6.30. The van der Waals surface area contributed by atoms with Gasteiger partial charge < -0.3 is 79.6 Å². The summed E-state index contributed by atoms with van der Waals surface area (Å²) in [4.78, 5) is 101. The Morgan fingerprint density at radius 1 is 0.300 bits per heavy atom. The van der Waals surface area contributed by atoms with Crippen molar-refractivity contribution >= 4 is 59.1 Å². The predicted molar refractivity (Wildman–Crippen MR) is 520 cm³/mol. The Morgan fingerprint density at radius 2 is 0.521 bits per heavy atom. The van der Waals surface area contributed by atoms with E-state index in [-0.39, 0.29) is 46.4 Å². The molecule has 0 spiro atoms. The largest absolute Gasteiger partial charge is 0.496 e. The third-order valence-corrected chi connectivity index (χ3v) is 25.9. The first kappa shape index (κ1) is 102. The lowest BCUT2D eigenvalue weighted by Crippen LogP contribution is -2.46. The fourth-order valence-corrected chi connectivity index (χ4v) is 18.7. The van der Waals surface area contributed by atoms with E-state index in [1.165, 1.54) is 80.3 Å². The van der Waals surface area contributed by atoms with Crippen LogP contribution in [0.3, 0.4) is 0 Å². The van der Waals surface area contributed by atoms with Gasteiger partial charge in [-0.3, -0.25) is 19.2 Å². The number of nitrogens with zero attached hydrogens (tertiary/aromatic N) is 8. The minimum Gasteiger partial charge on any atom is -0.496 e. The Hall–Kier alpha value is -15.1. The lowest BCUT2D eigenvalue weighted by Gasteiger charge is -2.27. The van der Waals surface area contributed by atoms with Crippen LogP contribution in [0.5, 0.6) is 46.0 Å². The molecule has 4 atom stereocenters. The zero-order valence-corrected chi connectivity index (χ0v) is 80.0. The average Bonchev–Trinajstić information content (AvgIpc) is 1.64. The van der Waals surface area contributed by atoms with Gasteiger partial charge in [-0.25, -0.2) is 46.7 Å². The van der Waals surface area contributed by atoms with E-state index in [2.05, 4.69) is 41.7 Å². The number of aliphatic carboxylic acids is 4. The number of ether oxygens (including phenoxy) is 8. The van der Waals surface area contributed by atoms with Gasteiger partial charge in [0, 0.05) is 5.02 Å². The Balaban J connectivity index is 0.000000157. The number of amides is 4. The topological polar surface area (TPSA) is 411 Å². The molecule has 32 nitrogen and oxygen atoms in total. The van der Waals surface area contributed by atoms with Crippen molar-refractivity contribution in [3.8, 4) is 114 Å². The van der Waals surface area contributed by atoms with Gasteiger partial charge in [-0.05, 0) is 234 Å². The minimum absolute atomic E-state index is 0.000667. The first-order valence-electron chi connectivity index (χ1n) is 46.5. The number of carbonyl (C=O) groups is 8. The van der Waals surface area contributed by atoms with E-state index in [0.717, 1.165) is 140 Å². The summed E-state index contributed by atoms with van der Waals surface area (Å²) in [6.45, 7) is 1.99. The van der Waals surface area contributed by atoms with E-state index in [4.69, 9.17) is 49.5 Å². The number of hydrogen-bond donors (Lipinski definition) is 8. The van der Waals surface area contributed by atoms with Crippen LogP contribution in [0.15, 0.2) is 194 Å². The van der Waals surface area contributed by atoms with Crippen LogP contribution in [0.25, 0.3) is 67.8 Å². The molecule has 35 heteroatoms. The van der Waals surface area contributed by atoms with Crippen molar-refractivity contribution in [2.24, 2.45) is 23.7 Å². The van der Waals surface area contributed by atoms with Crippen LogP contribution in [0.1, 0.15) is 176 Å². The quantitative estimate of drug-likeness (QED) is 0.0194. The molecule has 736 valence electrons. The molecule has 4 heterocycles. The third-order valence-electron chi connectivity index (χ3n) is 25.7. The number of hydrogen-bond acceptors (Lipinski definition) is 20. The normalized spacial score (nSPS) is 14.8. The second-order valence-electron chi connectivity index (χ2n) is 34.5. The number of rotatable bonds is 32. The predicted octanol–water partition coefficient (Wildman–Crippen LogP) is 18.5. The minimum atomic E-state index is -1.07. The number of nitrogens with one attached hydrogen (secondary N) is 4. The molecule has 4 amide bonds. The Kier molecular flexibility index (Phi) is 35.3. The molecule has 4 saturated carbocycles. The average molecular weight is 1940 g/mol. The zero-order chi connectivity index (χ0) is 99.8. The van der Waals surface area contributed by atoms with Crippen molar-refractivity contribution in [3.63, 3.8) is 0 Å². The van der Waals surface area contributed by atoms with E-state index in [1.807, 2.05) is 49.4 Å². The SMILES string of the molecule is COc1cccc(OC)c1-c1cc(C(=O)N[C@H](C(=O)O)C2CCCCC2)nn1-c1ccc(C)cc1.COc1cccc(OC)c1-c1cc(C(=O)N[C@H](C(=O)O)C2CCCCC2)nn1-c1ccc(Cl)cc1.COc1cccc(OC)c1-c1cc(C(=O)N[C@H](C(=O)O)C2CCCCC2)nn1-c1ccc(F)cc1.COc1cccc(OC)c1-c1cc(C(=O)N[C@H](C(=O)O)C2CCCCC2)nn1-c1cccc(F)c1. The van der Waals surface area contributed by atoms with Gasteiger partial charge in [0.05, 0.1) is 125 Å². The molecule has 0 aliphatic heterocycles. The number of carboxylic acid groups (broad SMARTS) is 4. The first-order chi connectivity index (χ1) is 67.7. The Labute approximate surface area is 813 Å². The zero-order valence-electron chi connectivity index (χ0n) is 79.3. The lowest BCUT2D eigenvalue weighted by molar-refractivity contribution is -0.142. The van der Waals surface area contributed by atoms with Gasteiger partial charge in [-0.1, -0.05) is 137 Å². The fraction of sp³-hybridized carbons (Fsp3) is 0.352. The molecule has 140 heavy (non-hydrogen) atoms. The van der Waals surface area contributed by atoms with Crippen LogP contribution in [0.4, 0.5) is 8.78 Å². The number of carboxylic acids is 4. The number of aryl methyl sites for hydroxylation is 1. The number of benzene rings is 8. The second-order valence-corrected chi connectivity index (χ2v) is 34.9. The standard InChI is InChI=1S/C27H31N3O5.C26H28ClN3O5.2C26H28FN3O5/c1-17-12-14-19(15-13-17)30-21(24-22(34-2)10-7-11-23(24)35-3)16-20(29-30)26(31)28-25(27(32)33)18-8-5-4-6-9-18;1-34-21-9-6-10-22(35-2)23(21)20-15-19(29-30(20)18-13-11-17(27)12-14-18)25(31)28-24(26(32)33)16-7-4-3-5-8-16;1-34-21-12-7-13-22(35-2)23(21)20-15-19(29-30(20)18-11-6-10-17(27)14-18)25(31)28-24(26(32)33)16-8-4-3-5-9-16;1-34-21-9-6-10-22(35-2)23(21)20-15-19(29-30(20)18-13-11-17(27)12-14-18)25(31)28-24(26(32)33)16-7-4-3-5-8-16/h7,10-16,18,25H,4-6,8-9H2,1-3H3,(H,28,31)(H,32,33);6,9-16,24H,3-5,7-8H2,1-2H3,(H,28,31)(H,32,33);6-7,10-16,24H,3-5,8-9H2,1-2H3,(H,28,31)(H,32,33);6,9-16,24H,3-5,7-8H2,1-2H3,(H,28,31)(H,32,33)/t25-;3*24-/m0000/s1. The molecule has 4 aromatic heterocycles. The van der Waals surface area contributed by atoms with Crippen LogP contribution in [0.2, 0.25) is 5.02 Å². The maximum Gasteiger partial charge on any atom is 0.326 e. The van der Waals surface area contributed by atoms with E-state index >= 15 is 0 Å². The summed E-state index contributed by atoms with van der Waals surface area (Å²) in [5.41, 5.74) is 8.02. The Bertz CT molecular complexity index is 5800. The van der Waals surface area contributed by atoms with Gasteiger partial charge >= 0.3 is 23.9 Å². The van der Waals surface area contributed by atoms with Crippen LogP contribution < -0.4 is 59.2 Å². The molecule has 0 bridgehead atoms. The van der Waals surface area contributed by atoms with Crippen LogP contribution in [-0.4, -0.2) is 188 Å². The summed E-state index contributed by atoms with van der Waals surface area (Å²) < 4.78 is 78.3. The third kappa shape index (κ3) is 24.5. The summed E-state index contributed by atoms with van der Waals surface area (Å²) in [5, 5.41) is 68.6. The van der Waals surface area contributed by atoms with Gasteiger partial charge in [0.15, 0.2) is 22.8 Å². The number of halogens is 3. The molecule has 0 saturated heterocycles. The highest BCUT2D eigenvalue weighted by atomic mass is 35.5. The highest BCUT2D eigenvalue weighted by Crippen LogP contribution is 2.46. The van der Waals surface area contributed by atoms with Crippen LogP contribution in [-0.2, 0) is 19.2 Å². The second kappa shape index (κ2) is 48.3. The highest BCUT2D eigenvalue weighted by Gasteiger charge is 2.39. The van der Waals surface area contributed by atoms with Gasteiger partial charge in [0.1, 0.15) is 81.8 Å². The van der Waals surface area contributed by atoms with Gasteiger partial charge in [0.25, 0.3) is 23.6 Å². The van der Waals surface area contributed by atoms with E-state index in [0.29, 0.717) is 113 Å². The smallest absolute Gasteiger partial charge is 0.326 e. The van der Waals surface area contributed by atoms with Crippen LogP contribution >= 0.6 is 11.6 Å². The van der Waals surface area contributed by atoms with Gasteiger partial charge in [-0.15, -0.1) is 0 Å². The molecule has 8 N–H and O–H groups in total. The van der Waals surface area contributed by atoms with E-state index in [1.54, 1.807) is 147 Å². The number of aromatic nitrogens is 8. The molecular formula is C105H115ClF2N12O20. The van der Waals surface area contributed by atoms with Crippen molar-refractivity contribution in [1.29, 1.82) is 0 Å². The van der Waals surface area contributed by atoms with Crippen molar-refractivity contribution < 1.29 is 105 Å². The van der Waals surface area contributed by atoms with Crippen LogP contribution in [0, 0.1) is 42.2 Å². The summed E-state index contributed by atoms with van der Waals surface area (Å²) in [5.74, 6) is -3.66. The fourth-order valence-electron chi connectivity index (χ4n) is 18.6. The van der Waals surface area contributed by atoms with Gasteiger partial charge in [0.2, 0.25) is 0 Å². The molecule has 16 rings (SSSR count). The molecule has 4 aliphatic rings. The maximum atomic E-state index is 14.1. The molecule has 0 unspecified atom stereocenters. The summed E-state index contributed by atoms with van der Waals surface area (Å²) in [7, 11) is 12.3. The molecule has 4 aliphatic carbocycles. The first-order valence-corrected chi connectivity index (χ1v) is 46.8. The van der Waals surface area contributed by atoms with Crippen molar-refractivity contribution in [3.05, 3.63) is 239 Å². The van der Waals surface area contributed by atoms with E-state index in [9.17, 15) is 67.6 Å². The lowest BCUT2D eigenvalue weighted by atomic mass is 9.84. The number of methoxy groups -OCH3 is 8.